The summed E-state index contributed by atoms with van der Waals surface area (Å²) in [5, 5.41) is 9.44. The molecule has 1 N–H and O–H groups in total. The van der Waals surface area contributed by atoms with Crippen LogP contribution in [0.2, 0.25) is 0 Å². The maximum atomic E-state index is 9.44. The summed E-state index contributed by atoms with van der Waals surface area (Å²) in [5.74, 6) is 1.38. The molecule has 1 unspecified atom stereocenters. The summed E-state index contributed by atoms with van der Waals surface area (Å²) in [5.41, 5.74) is 4.27. The van der Waals surface area contributed by atoms with Crippen molar-refractivity contribution in [1.29, 1.82) is 0 Å². The van der Waals surface area contributed by atoms with E-state index in [1.807, 2.05) is 23.9 Å². The molecular formula is C21H19OS2+. The van der Waals surface area contributed by atoms with Crippen LogP contribution in [-0.2, 0) is 23.1 Å². The normalized spacial score (nSPS) is 13.9. The second kappa shape index (κ2) is 6.58. The summed E-state index contributed by atoms with van der Waals surface area (Å²) < 4.78 is 0. The first-order valence-electron chi connectivity index (χ1n) is 7.98. The Morgan fingerprint density at radius 3 is 2.50 bits per heavy atom. The molecule has 0 saturated heterocycles. The van der Waals surface area contributed by atoms with Gasteiger partial charge in [-0.3, -0.25) is 0 Å². The summed E-state index contributed by atoms with van der Waals surface area (Å²) >= 11 is 1.88. The Hall–Kier alpha value is -1.84. The zero-order chi connectivity index (χ0) is 16.5. The molecule has 0 bridgehead atoms. The number of phenols is 1. The Bertz CT molecular complexity index is 871. The maximum Gasteiger partial charge on any atom is 0.155 e. The Kier molecular flexibility index (Phi) is 4.30. The maximum absolute atomic E-state index is 9.44. The molecule has 3 aromatic rings. The van der Waals surface area contributed by atoms with E-state index >= 15 is 0 Å². The summed E-state index contributed by atoms with van der Waals surface area (Å²) in [6.07, 6.45) is 3.30. The minimum absolute atomic E-state index is 0.143. The van der Waals surface area contributed by atoms with Crippen molar-refractivity contribution in [2.45, 2.75) is 26.9 Å². The van der Waals surface area contributed by atoms with Crippen molar-refractivity contribution >= 4 is 22.7 Å². The monoisotopic (exact) mass is 351 g/mol. The Balaban J connectivity index is 1.55. The summed E-state index contributed by atoms with van der Waals surface area (Å²) in [4.78, 5) is 4.07. The van der Waals surface area contributed by atoms with Crippen LogP contribution in [0, 0.1) is 0 Å². The van der Waals surface area contributed by atoms with Gasteiger partial charge in [-0.2, -0.15) is 0 Å². The zero-order valence-corrected chi connectivity index (χ0v) is 15.2. The first kappa shape index (κ1) is 15.7. The molecule has 120 valence electrons. The van der Waals surface area contributed by atoms with Crippen molar-refractivity contribution in [3.05, 3.63) is 83.4 Å². The van der Waals surface area contributed by atoms with E-state index in [4.69, 9.17) is 0 Å². The zero-order valence-electron chi connectivity index (χ0n) is 13.5. The Morgan fingerprint density at radius 1 is 0.917 bits per heavy atom. The largest absolute Gasteiger partial charge is 0.508 e. The molecular weight excluding hydrogens is 332 g/mol. The van der Waals surface area contributed by atoms with Gasteiger partial charge in [0, 0.05) is 26.2 Å². The van der Waals surface area contributed by atoms with E-state index < -0.39 is 0 Å². The van der Waals surface area contributed by atoms with Gasteiger partial charge in [0.25, 0.3) is 0 Å². The molecule has 4 rings (SSSR count). The average molecular weight is 352 g/mol. The number of hydrogen-bond donors (Lipinski definition) is 1. The van der Waals surface area contributed by atoms with Crippen LogP contribution in [0.3, 0.4) is 0 Å². The number of rotatable bonds is 3. The average Bonchev–Trinajstić information content (AvgIpc) is 2.60. The van der Waals surface area contributed by atoms with Crippen molar-refractivity contribution in [1.82, 2.24) is 0 Å². The third-order valence-electron chi connectivity index (χ3n) is 4.32. The lowest BCUT2D eigenvalue weighted by molar-refractivity contribution is 0.475. The predicted octanol–water partition coefficient (Wildman–Crippen LogP) is 5.25. The summed E-state index contributed by atoms with van der Waals surface area (Å²) in [6, 6.07) is 23.2. The lowest BCUT2D eigenvalue weighted by atomic mass is 10.0. The second-order valence-electron chi connectivity index (χ2n) is 6.10. The highest BCUT2D eigenvalue weighted by Crippen LogP contribution is 2.39. The molecule has 0 aromatic heterocycles. The number of hydrogen-bond acceptors (Lipinski definition) is 2. The van der Waals surface area contributed by atoms with Crippen molar-refractivity contribution in [3.63, 3.8) is 0 Å². The van der Waals surface area contributed by atoms with Gasteiger partial charge < -0.3 is 5.11 Å². The van der Waals surface area contributed by atoms with E-state index in [2.05, 4.69) is 48.7 Å². The lowest BCUT2D eigenvalue weighted by Crippen LogP contribution is -2.05. The van der Waals surface area contributed by atoms with E-state index in [0.717, 1.165) is 12.2 Å². The molecule has 1 atom stereocenters. The van der Waals surface area contributed by atoms with Crippen LogP contribution in [-0.4, -0.2) is 11.4 Å². The van der Waals surface area contributed by atoms with Crippen molar-refractivity contribution < 1.29 is 5.11 Å². The van der Waals surface area contributed by atoms with Crippen molar-refractivity contribution in [2.24, 2.45) is 0 Å². The minimum atomic E-state index is 0.143. The van der Waals surface area contributed by atoms with Gasteiger partial charge in [0.15, 0.2) is 4.90 Å². The molecule has 1 aliphatic heterocycles. The van der Waals surface area contributed by atoms with E-state index in [1.54, 1.807) is 12.1 Å². The molecule has 0 spiro atoms. The Labute approximate surface area is 150 Å². The standard InChI is InChI=1S/C21H18OS2/c1-24(19-9-7-18(22)8-10-19)14-15-6-11-21-17(12-15)13-16-4-2-3-5-20(16)23-21/h2-12H,13-14H2,1H3/p+1. The molecule has 1 nitrogen and oxygen atoms in total. The van der Waals surface area contributed by atoms with E-state index in [-0.39, 0.29) is 10.9 Å². The molecule has 0 amide bonds. The van der Waals surface area contributed by atoms with E-state index in [1.165, 1.54) is 31.4 Å². The Morgan fingerprint density at radius 2 is 1.67 bits per heavy atom. The van der Waals surface area contributed by atoms with Gasteiger partial charge in [-0.25, -0.2) is 0 Å². The van der Waals surface area contributed by atoms with Crippen LogP contribution in [0.1, 0.15) is 16.7 Å². The first-order chi connectivity index (χ1) is 11.7. The fourth-order valence-electron chi connectivity index (χ4n) is 3.05. The van der Waals surface area contributed by atoms with Crippen LogP contribution < -0.4 is 0 Å². The lowest BCUT2D eigenvalue weighted by Gasteiger charge is -2.19. The van der Waals surface area contributed by atoms with Gasteiger partial charge in [0.2, 0.25) is 0 Å². The fourth-order valence-corrected chi connectivity index (χ4v) is 5.55. The SMILES string of the molecule is C[S+](Cc1ccc2c(c1)Cc1ccccc1S2)c1ccc(O)cc1. The highest BCUT2D eigenvalue weighted by atomic mass is 32.2. The topological polar surface area (TPSA) is 20.2 Å². The highest BCUT2D eigenvalue weighted by molar-refractivity contribution is 7.99. The number of benzene rings is 3. The van der Waals surface area contributed by atoms with Crippen LogP contribution in [0.4, 0.5) is 0 Å². The highest BCUT2D eigenvalue weighted by Gasteiger charge is 2.19. The molecule has 0 radical (unpaired) electrons. The molecule has 0 aliphatic carbocycles. The summed E-state index contributed by atoms with van der Waals surface area (Å²) in [6.45, 7) is 0. The van der Waals surface area contributed by atoms with Crippen molar-refractivity contribution in [3.8, 4) is 5.75 Å². The molecule has 24 heavy (non-hydrogen) atoms. The van der Waals surface area contributed by atoms with Gasteiger partial charge in [0.05, 0.1) is 0 Å². The van der Waals surface area contributed by atoms with Crippen LogP contribution in [0.5, 0.6) is 5.75 Å². The van der Waals surface area contributed by atoms with E-state index in [0.29, 0.717) is 5.75 Å². The second-order valence-corrected chi connectivity index (χ2v) is 9.22. The van der Waals surface area contributed by atoms with E-state index in [9.17, 15) is 5.11 Å². The van der Waals surface area contributed by atoms with Crippen LogP contribution >= 0.6 is 11.8 Å². The third kappa shape index (κ3) is 3.19. The predicted molar refractivity (Wildman–Crippen MR) is 103 cm³/mol. The first-order valence-corrected chi connectivity index (χ1v) is 10.6. The number of aromatic hydroxyl groups is 1. The van der Waals surface area contributed by atoms with Gasteiger partial charge >= 0.3 is 0 Å². The molecule has 1 aliphatic rings. The fraction of sp³-hybridized carbons (Fsp3) is 0.143. The quantitative estimate of drug-likeness (QED) is 0.508. The molecule has 0 fully saturated rings. The molecule has 3 heteroatoms. The van der Waals surface area contributed by atoms with Gasteiger partial charge in [0.1, 0.15) is 17.8 Å². The van der Waals surface area contributed by atoms with Crippen LogP contribution in [0.25, 0.3) is 0 Å². The summed E-state index contributed by atoms with van der Waals surface area (Å²) in [7, 11) is 0.143. The number of fused-ring (bicyclic) bond motifs is 2. The molecule has 0 saturated carbocycles. The number of phenolic OH excluding ortho intramolecular Hbond substituents is 1. The van der Waals surface area contributed by atoms with Gasteiger partial charge in [-0.05, 0) is 60.0 Å². The van der Waals surface area contributed by atoms with Gasteiger partial charge in [-0.1, -0.05) is 36.0 Å². The molecule has 3 aromatic carbocycles. The minimum Gasteiger partial charge on any atom is -0.508 e. The van der Waals surface area contributed by atoms with Gasteiger partial charge in [-0.15, -0.1) is 0 Å². The molecule has 1 heterocycles. The smallest absolute Gasteiger partial charge is 0.155 e. The van der Waals surface area contributed by atoms with Crippen molar-refractivity contribution in [2.75, 3.05) is 6.26 Å². The third-order valence-corrected chi connectivity index (χ3v) is 7.40. The van der Waals surface area contributed by atoms with Crippen LogP contribution in [0.15, 0.2) is 81.4 Å².